The lowest BCUT2D eigenvalue weighted by Crippen LogP contribution is -2.67. The molecule has 12 heteroatoms. The molecule has 0 spiro atoms. The Morgan fingerprint density at radius 2 is 1.46 bits per heavy atom. The van der Waals surface area contributed by atoms with Crippen LogP contribution in [0.2, 0.25) is 0 Å². The van der Waals surface area contributed by atoms with E-state index in [9.17, 15) is 24.0 Å². The first-order valence-electron chi connectivity index (χ1n) is 14.0. The smallest absolute Gasteiger partial charge is 0.303 e. The summed E-state index contributed by atoms with van der Waals surface area (Å²) in [4.78, 5) is 60.4. The van der Waals surface area contributed by atoms with Gasteiger partial charge >= 0.3 is 17.9 Å². The molecule has 0 bridgehead atoms. The van der Waals surface area contributed by atoms with Gasteiger partial charge in [0.05, 0.1) is 5.69 Å². The SMILES string of the molecule is CCCCCCCCC(=O)Nc1ccccc1O[C@@H]1O[C@H](COC(C)=O)[C@@H](OC(C)=O)[C@H](OC(C)=O)[C@H]1NC(C)=O. The van der Waals surface area contributed by atoms with E-state index < -0.39 is 54.5 Å². The Morgan fingerprint density at radius 3 is 2.10 bits per heavy atom. The molecule has 1 aliphatic heterocycles. The third kappa shape index (κ3) is 11.8. The van der Waals surface area contributed by atoms with Crippen LogP contribution in [0.4, 0.5) is 5.69 Å². The van der Waals surface area contributed by atoms with E-state index in [1.165, 1.54) is 20.3 Å². The van der Waals surface area contributed by atoms with E-state index in [0.29, 0.717) is 12.1 Å². The summed E-state index contributed by atoms with van der Waals surface area (Å²) < 4.78 is 28.2. The van der Waals surface area contributed by atoms with Gasteiger partial charge < -0.3 is 34.3 Å². The van der Waals surface area contributed by atoms with Gasteiger partial charge in [0.15, 0.2) is 12.2 Å². The number of amides is 2. The molecule has 41 heavy (non-hydrogen) atoms. The van der Waals surface area contributed by atoms with Gasteiger partial charge in [0, 0.05) is 34.1 Å². The molecule has 1 aromatic carbocycles. The van der Waals surface area contributed by atoms with Crippen molar-refractivity contribution in [3.05, 3.63) is 24.3 Å². The van der Waals surface area contributed by atoms with E-state index in [1.807, 2.05) is 0 Å². The number of benzene rings is 1. The Hall–Kier alpha value is -3.67. The zero-order chi connectivity index (χ0) is 30.4. The number of hydrogen-bond donors (Lipinski definition) is 2. The molecular formula is C29H42N2O10. The Bertz CT molecular complexity index is 1050. The molecule has 2 rings (SSSR count). The summed E-state index contributed by atoms with van der Waals surface area (Å²) in [5.74, 6) is -2.48. The Labute approximate surface area is 240 Å². The van der Waals surface area contributed by atoms with Gasteiger partial charge in [-0.05, 0) is 18.6 Å². The highest BCUT2D eigenvalue weighted by Crippen LogP contribution is 2.32. The molecule has 0 unspecified atom stereocenters. The van der Waals surface area contributed by atoms with E-state index in [0.717, 1.165) is 46.0 Å². The number of unbranched alkanes of at least 4 members (excludes halogenated alkanes) is 5. The minimum Gasteiger partial charge on any atom is -0.463 e. The molecule has 1 aliphatic rings. The van der Waals surface area contributed by atoms with Crippen molar-refractivity contribution < 1.29 is 47.7 Å². The maximum atomic E-state index is 12.7. The summed E-state index contributed by atoms with van der Waals surface area (Å²) in [5, 5.41) is 5.51. The van der Waals surface area contributed by atoms with Gasteiger partial charge in [-0.25, -0.2) is 0 Å². The normalized spacial score (nSPS) is 21.7. The first-order valence-corrected chi connectivity index (χ1v) is 14.0. The van der Waals surface area contributed by atoms with Crippen LogP contribution in [-0.4, -0.2) is 67.0 Å². The van der Waals surface area contributed by atoms with Gasteiger partial charge in [0.2, 0.25) is 18.1 Å². The zero-order valence-corrected chi connectivity index (χ0v) is 24.4. The summed E-state index contributed by atoms with van der Waals surface area (Å²) in [7, 11) is 0. The van der Waals surface area contributed by atoms with Crippen LogP contribution in [0, 0.1) is 0 Å². The third-order valence-corrected chi connectivity index (χ3v) is 6.23. The standard InChI is InChI=1S/C29H42N2O10/c1-6-7-8-9-10-11-16-25(36)31-22-14-12-13-15-23(22)40-29-26(30-18(2)32)28(39-21(5)35)27(38-20(4)34)24(41-29)17-37-19(3)33/h12-15,24,26-29H,6-11,16-17H2,1-5H3,(H,30,32)(H,31,36)/t24-,26-,27-,28-,29-/m1/s1. The average Bonchev–Trinajstić information content (AvgIpc) is 2.88. The van der Waals surface area contributed by atoms with E-state index >= 15 is 0 Å². The first kappa shape index (κ1) is 33.5. The lowest BCUT2D eigenvalue weighted by molar-refractivity contribution is -0.257. The van der Waals surface area contributed by atoms with Crippen molar-refractivity contribution in [2.24, 2.45) is 0 Å². The first-order chi connectivity index (χ1) is 19.5. The number of para-hydroxylation sites is 2. The lowest BCUT2D eigenvalue weighted by atomic mass is 9.96. The molecule has 1 saturated heterocycles. The van der Waals surface area contributed by atoms with Crippen LogP contribution in [0.25, 0.3) is 0 Å². The predicted molar refractivity (Wildman–Crippen MR) is 148 cm³/mol. The van der Waals surface area contributed by atoms with Crippen molar-refractivity contribution in [2.45, 2.75) is 110 Å². The third-order valence-electron chi connectivity index (χ3n) is 6.23. The van der Waals surface area contributed by atoms with Crippen LogP contribution in [0.15, 0.2) is 24.3 Å². The second kappa shape index (κ2) is 17.2. The second-order valence-corrected chi connectivity index (χ2v) is 9.90. The molecule has 0 aromatic heterocycles. The van der Waals surface area contributed by atoms with Gasteiger partial charge in [-0.1, -0.05) is 51.2 Å². The van der Waals surface area contributed by atoms with Gasteiger partial charge in [0.1, 0.15) is 24.5 Å². The number of nitrogens with one attached hydrogen (secondary N) is 2. The summed E-state index contributed by atoms with van der Waals surface area (Å²) in [6, 6.07) is 5.54. The van der Waals surface area contributed by atoms with Crippen molar-refractivity contribution in [1.29, 1.82) is 0 Å². The van der Waals surface area contributed by atoms with E-state index in [2.05, 4.69) is 17.6 Å². The number of ether oxygens (including phenoxy) is 5. The highest BCUT2D eigenvalue weighted by Gasteiger charge is 2.52. The average molecular weight is 579 g/mol. The maximum absolute atomic E-state index is 12.7. The fourth-order valence-corrected chi connectivity index (χ4v) is 4.47. The summed E-state index contributed by atoms with van der Waals surface area (Å²) in [6.07, 6.45) is 1.73. The van der Waals surface area contributed by atoms with E-state index in [1.54, 1.807) is 24.3 Å². The number of anilines is 1. The highest BCUT2D eigenvalue weighted by molar-refractivity contribution is 5.92. The second-order valence-electron chi connectivity index (χ2n) is 9.90. The number of carbonyl (C=O) groups is 5. The Morgan fingerprint density at radius 1 is 0.829 bits per heavy atom. The van der Waals surface area contributed by atoms with Gasteiger partial charge in [-0.2, -0.15) is 0 Å². The molecule has 12 nitrogen and oxygen atoms in total. The zero-order valence-electron chi connectivity index (χ0n) is 24.4. The van der Waals surface area contributed by atoms with Crippen molar-refractivity contribution in [2.75, 3.05) is 11.9 Å². The van der Waals surface area contributed by atoms with Crippen molar-refractivity contribution in [3.8, 4) is 5.75 Å². The number of rotatable bonds is 15. The quantitative estimate of drug-likeness (QED) is 0.180. The van der Waals surface area contributed by atoms with Gasteiger partial charge in [0.25, 0.3) is 0 Å². The predicted octanol–water partition coefficient (Wildman–Crippen LogP) is 3.41. The maximum Gasteiger partial charge on any atom is 0.303 e. The lowest BCUT2D eigenvalue weighted by Gasteiger charge is -2.44. The molecule has 1 fully saturated rings. The minimum absolute atomic E-state index is 0.181. The number of hydrogen-bond acceptors (Lipinski definition) is 10. The van der Waals surface area contributed by atoms with Crippen LogP contribution in [0.1, 0.15) is 79.6 Å². The monoisotopic (exact) mass is 578 g/mol. The Kier molecular flexibility index (Phi) is 14.1. The fourth-order valence-electron chi connectivity index (χ4n) is 4.47. The minimum atomic E-state index is -1.30. The van der Waals surface area contributed by atoms with Crippen LogP contribution in [-0.2, 0) is 42.9 Å². The molecule has 2 N–H and O–H groups in total. The van der Waals surface area contributed by atoms with E-state index in [-0.39, 0.29) is 18.3 Å². The number of carbonyl (C=O) groups excluding carboxylic acids is 5. The Balaban J connectivity index is 2.30. The highest BCUT2D eigenvalue weighted by atomic mass is 16.7. The van der Waals surface area contributed by atoms with Gasteiger partial charge in [-0.3, -0.25) is 24.0 Å². The van der Waals surface area contributed by atoms with Crippen molar-refractivity contribution in [1.82, 2.24) is 5.32 Å². The van der Waals surface area contributed by atoms with Crippen molar-refractivity contribution >= 4 is 35.4 Å². The molecule has 228 valence electrons. The summed E-state index contributed by atoms with van der Waals surface area (Å²) >= 11 is 0. The molecule has 0 aliphatic carbocycles. The topological polar surface area (TPSA) is 156 Å². The van der Waals surface area contributed by atoms with Crippen molar-refractivity contribution in [3.63, 3.8) is 0 Å². The molecule has 2 amide bonds. The van der Waals surface area contributed by atoms with Crippen LogP contribution in [0.3, 0.4) is 0 Å². The van der Waals surface area contributed by atoms with Gasteiger partial charge in [-0.15, -0.1) is 0 Å². The summed E-state index contributed by atoms with van der Waals surface area (Å²) in [5.41, 5.74) is 0.372. The summed E-state index contributed by atoms with van der Waals surface area (Å²) in [6.45, 7) is 6.58. The molecule has 5 atom stereocenters. The van der Waals surface area contributed by atoms with E-state index in [4.69, 9.17) is 23.7 Å². The fraction of sp³-hybridized carbons (Fsp3) is 0.621. The van der Waals surface area contributed by atoms with Crippen LogP contribution in [0.5, 0.6) is 5.75 Å². The largest absolute Gasteiger partial charge is 0.463 e. The van der Waals surface area contributed by atoms with Crippen LogP contribution >= 0.6 is 0 Å². The molecule has 1 aromatic rings. The number of esters is 3. The van der Waals surface area contributed by atoms with Crippen LogP contribution < -0.4 is 15.4 Å². The molecule has 0 radical (unpaired) electrons. The molecular weight excluding hydrogens is 536 g/mol. The molecule has 0 saturated carbocycles. The molecule has 1 heterocycles.